The molecule has 0 heterocycles. The molecule has 0 aliphatic heterocycles. The van der Waals surface area contributed by atoms with Gasteiger partial charge in [0.15, 0.2) is 0 Å². The first kappa shape index (κ1) is 29.6. The lowest BCUT2D eigenvalue weighted by Gasteiger charge is -2.19. The van der Waals surface area contributed by atoms with Crippen LogP contribution in [0.15, 0.2) is 96.1 Å². The molecule has 0 saturated heterocycles. The standard InChI is InChI=1S/C42H46Si/c1-7-27(3)31-15-19-33(20-16-31)35-11-9-13-37-39(35)23-29(5)41(37)25-43-26-42-30(6)24-40-36(12-10-14-38(40)42)34-21-17-32(18-22-34)28(4)8-2/h9-24,27-28,41-42H,7-8,25-26H2,1-6H3. The highest BCUT2D eigenvalue weighted by Crippen LogP contribution is 2.46. The zero-order chi connectivity index (χ0) is 30.1. The number of benzene rings is 4. The Morgan fingerprint density at radius 3 is 1.33 bits per heavy atom. The molecule has 4 aromatic carbocycles. The molecule has 218 valence electrons. The molecule has 4 atom stereocenters. The molecule has 0 saturated carbocycles. The maximum absolute atomic E-state index is 2.47. The summed E-state index contributed by atoms with van der Waals surface area (Å²) >= 11 is 0. The number of allylic oxidation sites excluding steroid dienone is 2. The third-order valence-electron chi connectivity index (χ3n) is 10.4. The fourth-order valence-electron chi connectivity index (χ4n) is 7.11. The second kappa shape index (κ2) is 12.7. The maximum Gasteiger partial charge on any atom is 0.0397 e. The fourth-order valence-corrected chi connectivity index (χ4v) is 8.94. The average Bonchev–Trinajstić information content (AvgIpc) is 3.55. The van der Waals surface area contributed by atoms with Gasteiger partial charge in [0.2, 0.25) is 0 Å². The zero-order valence-electron chi connectivity index (χ0n) is 26.9. The molecule has 2 aliphatic carbocycles. The van der Waals surface area contributed by atoms with Gasteiger partial charge in [-0.2, -0.15) is 0 Å². The lowest BCUT2D eigenvalue weighted by atomic mass is 9.91. The molecule has 0 aromatic heterocycles. The Bertz CT molecular complexity index is 1530. The van der Waals surface area contributed by atoms with Crippen molar-refractivity contribution in [2.24, 2.45) is 0 Å². The third kappa shape index (κ3) is 5.77. The van der Waals surface area contributed by atoms with E-state index in [1.807, 2.05) is 0 Å². The van der Waals surface area contributed by atoms with Crippen LogP contribution in [0.5, 0.6) is 0 Å². The van der Waals surface area contributed by atoms with E-state index < -0.39 is 0 Å². The van der Waals surface area contributed by atoms with E-state index >= 15 is 0 Å². The summed E-state index contributed by atoms with van der Waals surface area (Å²) in [7, 11) is 0.931. The van der Waals surface area contributed by atoms with Crippen LogP contribution in [-0.4, -0.2) is 9.52 Å². The molecule has 0 N–H and O–H groups in total. The lowest BCUT2D eigenvalue weighted by Crippen LogP contribution is -2.06. The van der Waals surface area contributed by atoms with Crippen LogP contribution >= 0.6 is 0 Å². The summed E-state index contributed by atoms with van der Waals surface area (Å²) in [5.74, 6) is 2.29. The summed E-state index contributed by atoms with van der Waals surface area (Å²) < 4.78 is 0. The molecule has 1 heteroatoms. The van der Waals surface area contributed by atoms with Gasteiger partial charge in [-0.15, -0.1) is 0 Å². The minimum absolute atomic E-state index is 0.535. The van der Waals surface area contributed by atoms with Gasteiger partial charge in [0, 0.05) is 21.4 Å². The molecule has 0 fully saturated rings. The van der Waals surface area contributed by atoms with Crippen LogP contribution in [0.25, 0.3) is 34.4 Å². The van der Waals surface area contributed by atoms with Gasteiger partial charge in [-0.05, 0) is 94.2 Å². The number of hydrogen-bond donors (Lipinski definition) is 0. The van der Waals surface area contributed by atoms with Gasteiger partial charge >= 0.3 is 0 Å². The largest absolute Gasteiger partial charge is 0.0655 e. The molecule has 2 radical (unpaired) electrons. The van der Waals surface area contributed by atoms with Crippen LogP contribution in [0.3, 0.4) is 0 Å². The third-order valence-corrected chi connectivity index (χ3v) is 11.8. The summed E-state index contributed by atoms with van der Waals surface area (Å²) in [6.07, 6.45) is 7.30. The Morgan fingerprint density at radius 2 is 0.953 bits per heavy atom. The molecule has 43 heavy (non-hydrogen) atoms. The first-order valence-electron chi connectivity index (χ1n) is 16.4. The molecule has 2 aliphatic rings. The van der Waals surface area contributed by atoms with E-state index in [1.165, 1.54) is 91.7 Å². The molecule has 4 unspecified atom stereocenters. The highest BCUT2D eigenvalue weighted by atomic mass is 28.2. The van der Waals surface area contributed by atoms with Crippen molar-refractivity contribution in [3.63, 3.8) is 0 Å². The molecule has 0 bridgehead atoms. The van der Waals surface area contributed by atoms with Gasteiger partial charge in [0.1, 0.15) is 0 Å². The fraction of sp³-hybridized carbons (Fsp3) is 0.333. The second-order valence-electron chi connectivity index (χ2n) is 13.0. The molecular weight excluding hydrogens is 533 g/mol. The number of hydrogen-bond acceptors (Lipinski definition) is 0. The summed E-state index contributed by atoms with van der Waals surface area (Å²) in [6.45, 7) is 13.9. The SMILES string of the molecule is CCC(C)c1ccc(-c2cccc3c2C=C(C)C3C[Si]CC2C(C)=Cc3c(-c4ccc(C(C)CC)cc4)cccc32)cc1. The molecular formula is C42H46Si. The van der Waals surface area contributed by atoms with E-state index in [0.717, 1.165) is 9.52 Å². The number of rotatable bonds is 10. The smallest absolute Gasteiger partial charge is 0.0397 e. The number of fused-ring (bicyclic) bond motifs is 2. The van der Waals surface area contributed by atoms with Crippen LogP contribution in [0.2, 0.25) is 12.1 Å². The summed E-state index contributed by atoms with van der Waals surface area (Å²) in [4.78, 5) is 0. The summed E-state index contributed by atoms with van der Waals surface area (Å²) in [5, 5.41) is 0. The van der Waals surface area contributed by atoms with E-state index in [-0.39, 0.29) is 0 Å². The minimum Gasteiger partial charge on any atom is -0.0655 e. The van der Waals surface area contributed by atoms with Crippen molar-refractivity contribution < 1.29 is 0 Å². The Hall–Kier alpha value is -3.42. The van der Waals surface area contributed by atoms with Gasteiger partial charge in [-0.3, -0.25) is 0 Å². The van der Waals surface area contributed by atoms with Crippen LogP contribution in [0.4, 0.5) is 0 Å². The first-order valence-corrected chi connectivity index (χ1v) is 17.8. The van der Waals surface area contributed by atoms with Gasteiger partial charge in [-0.25, -0.2) is 0 Å². The van der Waals surface area contributed by atoms with E-state index in [9.17, 15) is 0 Å². The van der Waals surface area contributed by atoms with Crippen LogP contribution in [-0.2, 0) is 0 Å². The minimum atomic E-state index is 0.535. The van der Waals surface area contributed by atoms with Gasteiger partial charge in [0.05, 0.1) is 0 Å². The molecule has 0 spiro atoms. The van der Waals surface area contributed by atoms with Crippen molar-refractivity contribution >= 4 is 21.7 Å². The molecule has 0 nitrogen and oxygen atoms in total. The molecule has 0 amide bonds. The summed E-state index contributed by atoms with van der Waals surface area (Å²) in [5.41, 5.74) is 17.3. The predicted octanol–water partition coefficient (Wildman–Crippen LogP) is 12.3. The van der Waals surface area contributed by atoms with Crippen molar-refractivity contribution in [1.82, 2.24) is 0 Å². The molecule has 4 aromatic rings. The highest BCUT2D eigenvalue weighted by Gasteiger charge is 2.28. The van der Waals surface area contributed by atoms with Gasteiger partial charge < -0.3 is 0 Å². The van der Waals surface area contributed by atoms with E-state index in [0.29, 0.717) is 23.7 Å². The van der Waals surface area contributed by atoms with Crippen LogP contribution in [0, 0.1) is 0 Å². The quantitative estimate of drug-likeness (QED) is 0.164. The molecule has 6 rings (SSSR count). The highest BCUT2D eigenvalue weighted by molar-refractivity contribution is 6.36. The Labute approximate surface area is 262 Å². The normalized spacial score (nSPS) is 18.6. The first-order chi connectivity index (χ1) is 20.9. The average molecular weight is 579 g/mol. The lowest BCUT2D eigenvalue weighted by molar-refractivity contribution is 0.734. The van der Waals surface area contributed by atoms with Crippen molar-refractivity contribution in [2.75, 3.05) is 0 Å². The monoisotopic (exact) mass is 578 g/mol. The van der Waals surface area contributed by atoms with Gasteiger partial charge in [-0.1, -0.05) is 148 Å². The van der Waals surface area contributed by atoms with Crippen molar-refractivity contribution in [3.8, 4) is 22.3 Å². The predicted molar refractivity (Wildman–Crippen MR) is 189 cm³/mol. The zero-order valence-corrected chi connectivity index (χ0v) is 27.9. The van der Waals surface area contributed by atoms with E-state index in [4.69, 9.17) is 0 Å². The van der Waals surface area contributed by atoms with E-state index in [2.05, 4.69) is 139 Å². The van der Waals surface area contributed by atoms with Crippen molar-refractivity contribution in [3.05, 3.63) is 129 Å². The van der Waals surface area contributed by atoms with Crippen molar-refractivity contribution in [2.45, 2.75) is 90.1 Å². The summed E-state index contributed by atoms with van der Waals surface area (Å²) in [6, 6.07) is 35.0. The van der Waals surface area contributed by atoms with Crippen LogP contribution in [0.1, 0.15) is 111 Å². The Morgan fingerprint density at radius 1 is 0.558 bits per heavy atom. The topological polar surface area (TPSA) is 0 Å². The van der Waals surface area contributed by atoms with Crippen LogP contribution < -0.4 is 0 Å². The Kier molecular flexibility index (Phi) is 8.73. The van der Waals surface area contributed by atoms with Crippen molar-refractivity contribution in [1.29, 1.82) is 0 Å². The Balaban J connectivity index is 1.17. The maximum atomic E-state index is 2.47. The second-order valence-corrected chi connectivity index (χ2v) is 14.3. The van der Waals surface area contributed by atoms with E-state index in [1.54, 1.807) is 0 Å². The van der Waals surface area contributed by atoms with Gasteiger partial charge in [0.25, 0.3) is 0 Å².